The summed E-state index contributed by atoms with van der Waals surface area (Å²) in [6.07, 6.45) is 3.31. The van der Waals surface area contributed by atoms with Crippen molar-refractivity contribution in [2.75, 3.05) is 59.0 Å². The summed E-state index contributed by atoms with van der Waals surface area (Å²) in [4.78, 5) is 17.0. The van der Waals surface area contributed by atoms with Crippen LogP contribution in [0.15, 0.2) is 24.3 Å². The monoisotopic (exact) mass is 359 g/mol. The molecule has 0 spiro atoms. The van der Waals surface area contributed by atoms with E-state index in [1.54, 1.807) is 0 Å². The second-order valence-corrected chi connectivity index (χ2v) is 7.66. The third-order valence-electron chi connectivity index (χ3n) is 5.67. The van der Waals surface area contributed by atoms with E-state index in [4.69, 9.17) is 4.74 Å². The average molecular weight is 360 g/mol. The van der Waals surface area contributed by atoms with Crippen LogP contribution < -0.4 is 5.32 Å². The highest BCUT2D eigenvalue weighted by Crippen LogP contribution is 2.18. The maximum Gasteiger partial charge on any atom is 0.234 e. The zero-order valence-corrected chi connectivity index (χ0v) is 16.1. The first-order valence-corrected chi connectivity index (χ1v) is 10.0. The minimum absolute atomic E-state index is 0.158. The van der Waals surface area contributed by atoms with Crippen LogP contribution >= 0.6 is 0 Å². The van der Waals surface area contributed by atoms with E-state index in [0.717, 1.165) is 58.3 Å². The molecule has 2 aliphatic rings. The number of amides is 1. The molecule has 0 aliphatic carbocycles. The van der Waals surface area contributed by atoms with Crippen molar-refractivity contribution in [3.63, 3.8) is 0 Å². The van der Waals surface area contributed by atoms with Crippen molar-refractivity contribution in [1.29, 1.82) is 0 Å². The third kappa shape index (κ3) is 6.08. The van der Waals surface area contributed by atoms with E-state index < -0.39 is 0 Å². The summed E-state index contributed by atoms with van der Waals surface area (Å²) in [5.41, 5.74) is 2.61. The number of ether oxygens (including phenoxy) is 1. The molecule has 0 bridgehead atoms. The van der Waals surface area contributed by atoms with E-state index in [9.17, 15) is 4.79 Å². The molecule has 0 radical (unpaired) electrons. The first kappa shape index (κ1) is 19.3. The summed E-state index contributed by atoms with van der Waals surface area (Å²) in [7, 11) is 0. The fourth-order valence-corrected chi connectivity index (χ4v) is 3.96. The van der Waals surface area contributed by atoms with Crippen LogP contribution in [-0.4, -0.2) is 74.7 Å². The van der Waals surface area contributed by atoms with Crippen LogP contribution in [0.3, 0.4) is 0 Å². The largest absolute Gasteiger partial charge is 0.379 e. The molecule has 2 saturated heterocycles. The van der Waals surface area contributed by atoms with Gasteiger partial charge < -0.3 is 10.1 Å². The quantitative estimate of drug-likeness (QED) is 0.805. The highest BCUT2D eigenvalue weighted by molar-refractivity contribution is 5.78. The molecule has 1 aromatic carbocycles. The molecule has 0 unspecified atom stereocenters. The molecule has 1 aromatic rings. The van der Waals surface area contributed by atoms with Gasteiger partial charge in [0.2, 0.25) is 5.91 Å². The molecule has 5 heteroatoms. The van der Waals surface area contributed by atoms with Gasteiger partial charge in [-0.3, -0.25) is 14.6 Å². The van der Waals surface area contributed by atoms with Gasteiger partial charge in [-0.05, 0) is 56.3 Å². The number of rotatable bonds is 7. The molecule has 1 N–H and O–H groups in total. The lowest BCUT2D eigenvalue weighted by molar-refractivity contribution is -0.122. The molecular formula is C21H33N3O2. The molecule has 0 aromatic heterocycles. The van der Waals surface area contributed by atoms with Crippen LogP contribution in [-0.2, 0) is 16.0 Å². The lowest BCUT2D eigenvalue weighted by Crippen LogP contribution is -2.45. The standard InChI is InChI=1S/C21H33N3O2/c1-18-4-2-3-5-20(18)6-9-22-21(25)17-23-10-7-19(8-11-23)16-24-12-14-26-15-13-24/h2-5,19H,6-17H2,1H3,(H,22,25). The van der Waals surface area contributed by atoms with Crippen molar-refractivity contribution >= 4 is 5.91 Å². The number of piperidine rings is 1. The molecule has 144 valence electrons. The van der Waals surface area contributed by atoms with Crippen molar-refractivity contribution in [1.82, 2.24) is 15.1 Å². The first-order valence-electron chi connectivity index (χ1n) is 10.0. The lowest BCUT2D eigenvalue weighted by Gasteiger charge is -2.35. The average Bonchev–Trinajstić information content (AvgIpc) is 2.66. The van der Waals surface area contributed by atoms with Crippen LogP contribution in [0.2, 0.25) is 0 Å². The lowest BCUT2D eigenvalue weighted by atomic mass is 9.96. The van der Waals surface area contributed by atoms with Crippen LogP contribution in [0.5, 0.6) is 0 Å². The maximum atomic E-state index is 12.2. The number of carbonyl (C=O) groups excluding carboxylic acids is 1. The van der Waals surface area contributed by atoms with E-state index in [-0.39, 0.29) is 5.91 Å². The Bertz CT molecular complexity index is 564. The number of hydrogen-bond donors (Lipinski definition) is 1. The molecule has 2 aliphatic heterocycles. The van der Waals surface area contributed by atoms with E-state index in [1.165, 1.54) is 30.5 Å². The molecule has 1 amide bonds. The summed E-state index contributed by atoms with van der Waals surface area (Å²) in [5.74, 6) is 0.929. The molecule has 2 heterocycles. The number of hydrogen-bond acceptors (Lipinski definition) is 4. The first-order chi connectivity index (χ1) is 12.7. The predicted molar refractivity (Wildman–Crippen MR) is 104 cm³/mol. The van der Waals surface area contributed by atoms with Gasteiger partial charge in [-0.2, -0.15) is 0 Å². The Kier molecular flexibility index (Phi) is 7.47. The molecule has 26 heavy (non-hydrogen) atoms. The van der Waals surface area contributed by atoms with E-state index in [1.807, 2.05) is 0 Å². The number of aryl methyl sites for hydroxylation is 1. The normalized spacial score (nSPS) is 20.2. The third-order valence-corrected chi connectivity index (χ3v) is 5.67. The highest BCUT2D eigenvalue weighted by Gasteiger charge is 2.23. The molecule has 2 fully saturated rings. The number of benzene rings is 1. The second kappa shape index (κ2) is 10.0. The van der Waals surface area contributed by atoms with Crippen molar-refractivity contribution in [3.8, 4) is 0 Å². The van der Waals surface area contributed by atoms with Crippen molar-refractivity contribution in [3.05, 3.63) is 35.4 Å². The topological polar surface area (TPSA) is 44.8 Å². The van der Waals surface area contributed by atoms with Crippen molar-refractivity contribution in [2.24, 2.45) is 5.92 Å². The van der Waals surface area contributed by atoms with Gasteiger partial charge in [0, 0.05) is 26.2 Å². The van der Waals surface area contributed by atoms with E-state index in [0.29, 0.717) is 6.54 Å². The van der Waals surface area contributed by atoms with Gasteiger partial charge in [0.15, 0.2) is 0 Å². The van der Waals surface area contributed by atoms with Gasteiger partial charge >= 0.3 is 0 Å². The van der Waals surface area contributed by atoms with Crippen LogP contribution in [0.4, 0.5) is 0 Å². The molecule has 5 nitrogen and oxygen atoms in total. The number of nitrogens with zero attached hydrogens (tertiary/aromatic N) is 2. The van der Waals surface area contributed by atoms with Gasteiger partial charge in [0.1, 0.15) is 0 Å². The maximum absolute atomic E-state index is 12.2. The minimum Gasteiger partial charge on any atom is -0.379 e. The predicted octanol–water partition coefficient (Wildman–Crippen LogP) is 1.70. The number of likely N-dealkylation sites (tertiary alicyclic amines) is 1. The zero-order valence-electron chi connectivity index (χ0n) is 16.1. The second-order valence-electron chi connectivity index (χ2n) is 7.66. The molecule has 0 atom stereocenters. The molecule has 0 saturated carbocycles. The Morgan fingerprint density at radius 1 is 1.12 bits per heavy atom. The summed E-state index contributed by atoms with van der Waals surface area (Å²) in [6.45, 7) is 10.6. The van der Waals surface area contributed by atoms with Gasteiger partial charge in [0.05, 0.1) is 19.8 Å². The Morgan fingerprint density at radius 2 is 1.85 bits per heavy atom. The van der Waals surface area contributed by atoms with Crippen LogP contribution in [0, 0.1) is 12.8 Å². The Hall–Kier alpha value is -1.43. The Labute approximate surface area is 157 Å². The summed E-state index contributed by atoms with van der Waals surface area (Å²) >= 11 is 0. The smallest absolute Gasteiger partial charge is 0.234 e. The number of nitrogens with one attached hydrogen (secondary N) is 1. The zero-order chi connectivity index (χ0) is 18.2. The highest BCUT2D eigenvalue weighted by atomic mass is 16.5. The van der Waals surface area contributed by atoms with E-state index in [2.05, 4.69) is 46.3 Å². The van der Waals surface area contributed by atoms with Crippen molar-refractivity contribution in [2.45, 2.75) is 26.2 Å². The Balaban J connectivity index is 1.30. The number of carbonyl (C=O) groups is 1. The molecule has 3 rings (SSSR count). The van der Waals surface area contributed by atoms with Gasteiger partial charge in [-0.15, -0.1) is 0 Å². The Morgan fingerprint density at radius 3 is 2.58 bits per heavy atom. The van der Waals surface area contributed by atoms with Crippen LogP contribution in [0.25, 0.3) is 0 Å². The number of morpholine rings is 1. The fraction of sp³-hybridized carbons (Fsp3) is 0.667. The summed E-state index contributed by atoms with van der Waals surface area (Å²) < 4.78 is 5.42. The van der Waals surface area contributed by atoms with Gasteiger partial charge in [-0.1, -0.05) is 24.3 Å². The van der Waals surface area contributed by atoms with Gasteiger partial charge in [0.25, 0.3) is 0 Å². The van der Waals surface area contributed by atoms with E-state index >= 15 is 0 Å². The fourth-order valence-electron chi connectivity index (χ4n) is 3.96. The summed E-state index contributed by atoms with van der Waals surface area (Å²) in [5, 5.41) is 3.08. The summed E-state index contributed by atoms with van der Waals surface area (Å²) in [6, 6.07) is 8.38. The van der Waals surface area contributed by atoms with Crippen LogP contribution in [0.1, 0.15) is 24.0 Å². The van der Waals surface area contributed by atoms with Gasteiger partial charge in [-0.25, -0.2) is 0 Å². The molecular weight excluding hydrogens is 326 g/mol. The SMILES string of the molecule is Cc1ccccc1CCNC(=O)CN1CCC(CN2CCOCC2)CC1. The van der Waals surface area contributed by atoms with Crippen molar-refractivity contribution < 1.29 is 9.53 Å². The minimum atomic E-state index is 0.158.